The maximum absolute atomic E-state index is 2.73. The molecule has 0 fully saturated rings. The van der Waals surface area contributed by atoms with Crippen molar-refractivity contribution in [3.63, 3.8) is 0 Å². The SMILES string of the molecule is CCCCCCCCCC(C(C)(C)C(CCC)CCCCCCCC)C(C)(C)C(CCC)CCCCCCCC. The van der Waals surface area contributed by atoms with E-state index in [9.17, 15) is 0 Å². The molecule has 0 aliphatic heterocycles. The van der Waals surface area contributed by atoms with E-state index >= 15 is 0 Å². The summed E-state index contributed by atoms with van der Waals surface area (Å²) in [6.07, 6.45) is 37.2. The molecule has 0 aliphatic carbocycles. The molecule has 242 valence electrons. The zero-order valence-electron chi connectivity index (χ0n) is 30.1. The average Bonchev–Trinajstić information content (AvgIpc) is 2.92. The highest BCUT2D eigenvalue weighted by Crippen LogP contribution is 2.55. The molecular weight excluding hydrogens is 480 g/mol. The summed E-state index contributed by atoms with van der Waals surface area (Å²) in [4.78, 5) is 0. The monoisotopic (exact) mass is 563 g/mol. The van der Waals surface area contributed by atoms with Gasteiger partial charge in [0, 0.05) is 0 Å². The first-order valence-electron chi connectivity index (χ1n) is 19.2. The minimum atomic E-state index is 0.429. The first-order valence-corrected chi connectivity index (χ1v) is 19.2. The van der Waals surface area contributed by atoms with Crippen molar-refractivity contribution in [2.75, 3.05) is 0 Å². The molecule has 0 heterocycles. The second-order valence-electron chi connectivity index (χ2n) is 15.2. The van der Waals surface area contributed by atoms with E-state index in [2.05, 4.69) is 62.3 Å². The maximum atomic E-state index is 2.73. The summed E-state index contributed by atoms with van der Waals surface area (Å²) in [6, 6.07) is 0. The lowest BCUT2D eigenvalue weighted by Gasteiger charge is -2.52. The molecule has 0 amide bonds. The van der Waals surface area contributed by atoms with E-state index in [1.54, 1.807) is 0 Å². The normalized spacial score (nSPS) is 14.9. The van der Waals surface area contributed by atoms with Crippen LogP contribution in [0.1, 0.15) is 229 Å². The summed E-state index contributed by atoms with van der Waals surface area (Å²) in [7, 11) is 0. The van der Waals surface area contributed by atoms with Gasteiger partial charge in [0.15, 0.2) is 0 Å². The molecule has 0 bridgehead atoms. The van der Waals surface area contributed by atoms with Crippen molar-refractivity contribution in [3.05, 3.63) is 0 Å². The fourth-order valence-electron chi connectivity index (χ4n) is 8.39. The summed E-state index contributed by atoms with van der Waals surface area (Å²) in [5.74, 6) is 2.60. The van der Waals surface area contributed by atoms with Crippen LogP contribution in [0.4, 0.5) is 0 Å². The molecule has 0 aromatic rings. The predicted molar refractivity (Wildman–Crippen MR) is 186 cm³/mol. The van der Waals surface area contributed by atoms with E-state index in [0.29, 0.717) is 10.8 Å². The molecule has 0 radical (unpaired) electrons. The second kappa shape index (κ2) is 25.5. The maximum Gasteiger partial charge on any atom is -0.0292 e. The van der Waals surface area contributed by atoms with Gasteiger partial charge >= 0.3 is 0 Å². The lowest BCUT2D eigenvalue weighted by Crippen LogP contribution is -2.45. The van der Waals surface area contributed by atoms with Gasteiger partial charge in [-0.1, -0.05) is 210 Å². The molecule has 0 nitrogen and oxygen atoms in total. The highest BCUT2D eigenvalue weighted by atomic mass is 14.5. The van der Waals surface area contributed by atoms with Crippen molar-refractivity contribution in [3.8, 4) is 0 Å². The van der Waals surface area contributed by atoms with Gasteiger partial charge in [0.2, 0.25) is 0 Å². The molecule has 0 aromatic carbocycles. The molecule has 0 aromatic heterocycles. The largest absolute Gasteiger partial charge is 0.0654 e. The Morgan fingerprint density at radius 1 is 0.300 bits per heavy atom. The van der Waals surface area contributed by atoms with Crippen molar-refractivity contribution < 1.29 is 0 Å². The Balaban J connectivity index is 5.63. The average molecular weight is 563 g/mol. The molecule has 0 aliphatic rings. The topological polar surface area (TPSA) is 0 Å². The van der Waals surface area contributed by atoms with Crippen LogP contribution < -0.4 is 0 Å². The van der Waals surface area contributed by atoms with Gasteiger partial charge in [-0.05, 0) is 47.8 Å². The molecule has 2 unspecified atom stereocenters. The number of hydrogen-bond donors (Lipinski definition) is 0. The van der Waals surface area contributed by atoms with Crippen LogP contribution in [0.3, 0.4) is 0 Å². The van der Waals surface area contributed by atoms with Gasteiger partial charge in [-0.2, -0.15) is 0 Å². The van der Waals surface area contributed by atoms with Crippen molar-refractivity contribution in [1.29, 1.82) is 0 Å². The Morgan fingerprint density at radius 2 is 0.575 bits per heavy atom. The third kappa shape index (κ3) is 17.2. The van der Waals surface area contributed by atoms with Gasteiger partial charge in [-0.25, -0.2) is 0 Å². The van der Waals surface area contributed by atoms with E-state index in [1.807, 2.05) is 0 Å². The van der Waals surface area contributed by atoms with Crippen LogP contribution >= 0.6 is 0 Å². The van der Waals surface area contributed by atoms with Gasteiger partial charge in [-0.15, -0.1) is 0 Å². The molecule has 0 N–H and O–H groups in total. The van der Waals surface area contributed by atoms with Crippen LogP contribution in [-0.4, -0.2) is 0 Å². The standard InChI is InChI=1S/C40H82/c1-10-15-18-21-24-27-30-35-38(39(6,7)36(31-13-4)33-28-25-22-19-16-11-2)40(8,9)37(32-14-5)34-29-26-23-20-17-12-3/h36-38H,10-35H2,1-9H3. The molecule has 0 saturated carbocycles. The van der Waals surface area contributed by atoms with E-state index in [0.717, 1.165) is 17.8 Å². The summed E-state index contributed by atoms with van der Waals surface area (Å²) in [5.41, 5.74) is 0.858. The molecule has 0 rings (SSSR count). The lowest BCUT2D eigenvalue weighted by atomic mass is 9.53. The first kappa shape index (κ1) is 40.0. The zero-order chi connectivity index (χ0) is 30.1. The molecule has 40 heavy (non-hydrogen) atoms. The second-order valence-corrected chi connectivity index (χ2v) is 15.2. The van der Waals surface area contributed by atoms with Crippen LogP contribution in [-0.2, 0) is 0 Å². The van der Waals surface area contributed by atoms with Crippen LogP contribution in [0.15, 0.2) is 0 Å². The first-order chi connectivity index (χ1) is 19.2. The molecule has 0 heteroatoms. The van der Waals surface area contributed by atoms with E-state index in [-0.39, 0.29) is 0 Å². The summed E-state index contributed by atoms with van der Waals surface area (Å²) < 4.78 is 0. The van der Waals surface area contributed by atoms with Crippen molar-refractivity contribution >= 4 is 0 Å². The van der Waals surface area contributed by atoms with E-state index < -0.39 is 0 Å². The quantitative estimate of drug-likeness (QED) is 0.0763. The Morgan fingerprint density at radius 3 is 0.875 bits per heavy atom. The lowest BCUT2D eigenvalue weighted by molar-refractivity contribution is -0.0326. The molecule has 2 atom stereocenters. The summed E-state index contributed by atoms with van der Waals surface area (Å²) in [6.45, 7) is 22.8. The third-order valence-electron chi connectivity index (χ3n) is 11.1. The van der Waals surface area contributed by atoms with E-state index in [1.165, 1.54) is 167 Å². The van der Waals surface area contributed by atoms with Crippen molar-refractivity contribution in [2.24, 2.45) is 28.6 Å². The molecular formula is C40H82. The van der Waals surface area contributed by atoms with Gasteiger partial charge < -0.3 is 0 Å². The van der Waals surface area contributed by atoms with Gasteiger partial charge in [0.05, 0.1) is 0 Å². The number of hydrogen-bond acceptors (Lipinski definition) is 0. The Bertz CT molecular complexity index is 476. The highest BCUT2D eigenvalue weighted by Gasteiger charge is 2.46. The molecule has 0 saturated heterocycles. The van der Waals surface area contributed by atoms with Crippen molar-refractivity contribution in [2.45, 2.75) is 229 Å². The smallest absolute Gasteiger partial charge is 0.0292 e. The van der Waals surface area contributed by atoms with Crippen LogP contribution in [0.25, 0.3) is 0 Å². The highest BCUT2D eigenvalue weighted by molar-refractivity contribution is 4.95. The zero-order valence-corrected chi connectivity index (χ0v) is 30.1. The minimum Gasteiger partial charge on any atom is -0.0654 e. The van der Waals surface area contributed by atoms with Gasteiger partial charge in [-0.3, -0.25) is 0 Å². The molecule has 0 spiro atoms. The Labute approximate surface area is 257 Å². The fraction of sp³-hybridized carbons (Fsp3) is 1.00. The predicted octanol–water partition coefficient (Wildman–Crippen LogP) is 15.1. The minimum absolute atomic E-state index is 0.429. The summed E-state index contributed by atoms with van der Waals surface area (Å²) >= 11 is 0. The fourth-order valence-corrected chi connectivity index (χ4v) is 8.39. The number of rotatable bonds is 30. The van der Waals surface area contributed by atoms with E-state index in [4.69, 9.17) is 0 Å². The van der Waals surface area contributed by atoms with Gasteiger partial charge in [0.1, 0.15) is 0 Å². The van der Waals surface area contributed by atoms with Crippen molar-refractivity contribution in [1.82, 2.24) is 0 Å². The van der Waals surface area contributed by atoms with Crippen LogP contribution in [0, 0.1) is 28.6 Å². The third-order valence-corrected chi connectivity index (χ3v) is 11.1. The Hall–Kier alpha value is 0. The van der Waals surface area contributed by atoms with Crippen LogP contribution in [0.5, 0.6) is 0 Å². The van der Waals surface area contributed by atoms with Gasteiger partial charge in [0.25, 0.3) is 0 Å². The summed E-state index contributed by atoms with van der Waals surface area (Å²) in [5, 5.41) is 0. The van der Waals surface area contributed by atoms with Crippen LogP contribution in [0.2, 0.25) is 0 Å². The Kier molecular flexibility index (Phi) is 25.5. The number of unbranched alkanes of at least 4 members (excludes halogenated alkanes) is 16.